The number of hydrogen-bond acceptors (Lipinski definition) is 8. The first kappa shape index (κ1) is 17.3. The number of thiophene rings is 1. The summed E-state index contributed by atoms with van der Waals surface area (Å²) in [6.45, 7) is 1.91. The number of esters is 1. The van der Waals surface area contributed by atoms with Crippen LogP contribution in [0.25, 0.3) is 10.2 Å². The molecule has 1 unspecified atom stereocenters. The number of aryl methyl sites for hydroxylation is 1. The van der Waals surface area contributed by atoms with E-state index in [1.165, 1.54) is 7.11 Å². The van der Waals surface area contributed by atoms with Gasteiger partial charge in [-0.15, -0.1) is 11.3 Å². The fourth-order valence-corrected chi connectivity index (χ4v) is 4.34. The molecular weight excluding hydrogens is 368 g/mol. The van der Waals surface area contributed by atoms with Crippen LogP contribution in [0.3, 0.4) is 0 Å². The molecule has 1 amide bonds. The fraction of sp³-hybridized carbons (Fsp3) is 0.167. The molecule has 0 bridgehead atoms. The van der Waals surface area contributed by atoms with Gasteiger partial charge in [-0.25, -0.2) is 9.78 Å². The highest BCUT2D eigenvalue weighted by molar-refractivity contribution is 7.21. The van der Waals surface area contributed by atoms with Gasteiger partial charge in [-0.05, 0) is 6.92 Å². The smallest absolute Gasteiger partial charge is 0.350 e. The molecule has 8 nitrogen and oxygen atoms in total. The molecule has 0 saturated heterocycles. The number of nitrogens with one attached hydrogen (secondary N) is 1. The molecule has 4 rings (SSSR count). The largest absolute Gasteiger partial charge is 0.465 e. The number of benzene rings is 1. The third-order valence-electron chi connectivity index (χ3n) is 4.63. The summed E-state index contributed by atoms with van der Waals surface area (Å²) in [5, 5.41) is 14.3. The Hall–Kier alpha value is -3.17. The lowest BCUT2D eigenvalue weighted by Gasteiger charge is -2.25. The summed E-state index contributed by atoms with van der Waals surface area (Å²) in [5.74, 6) is -1.24. The SMILES string of the molecule is COC(=O)c1sc2nc(N)c3c(c2c1N)C(O)(c1ccc(C)cc1)NC3=O. The minimum absolute atomic E-state index is 0.0456. The van der Waals surface area contributed by atoms with Crippen LogP contribution in [0.1, 0.15) is 36.7 Å². The van der Waals surface area contributed by atoms with Crippen LogP contribution in [0, 0.1) is 6.92 Å². The number of carbonyl (C=O) groups excluding carboxylic acids is 2. The highest BCUT2D eigenvalue weighted by atomic mass is 32.1. The van der Waals surface area contributed by atoms with Crippen molar-refractivity contribution in [3.8, 4) is 0 Å². The number of nitrogens with two attached hydrogens (primary N) is 2. The van der Waals surface area contributed by atoms with Crippen LogP contribution >= 0.6 is 11.3 Å². The molecule has 27 heavy (non-hydrogen) atoms. The maximum absolute atomic E-state index is 12.6. The predicted octanol–water partition coefficient (Wildman–Crippen LogP) is 1.49. The van der Waals surface area contributed by atoms with Crippen LogP contribution in [0.5, 0.6) is 0 Å². The summed E-state index contributed by atoms with van der Waals surface area (Å²) >= 11 is 0.996. The average Bonchev–Trinajstić information content (AvgIpc) is 3.10. The van der Waals surface area contributed by atoms with Crippen LogP contribution in [-0.2, 0) is 10.5 Å². The summed E-state index contributed by atoms with van der Waals surface area (Å²) in [7, 11) is 1.24. The second-order valence-electron chi connectivity index (χ2n) is 6.29. The molecular formula is C18H16N4O4S. The Morgan fingerprint density at radius 3 is 2.59 bits per heavy atom. The summed E-state index contributed by atoms with van der Waals surface area (Å²) in [6.07, 6.45) is 0. The van der Waals surface area contributed by atoms with Crippen LogP contribution in [0.15, 0.2) is 24.3 Å². The van der Waals surface area contributed by atoms with Gasteiger partial charge in [0.2, 0.25) is 0 Å². The highest BCUT2D eigenvalue weighted by Crippen LogP contribution is 2.46. The van der Waals surface area contributed by atoms with E-state index in [-0.39, 0.29) is 27.5 Å². The van der Waals surface area contributed by atoms with Gasteiger partial charge in [-0.3, -0.25) is 4.79 Å². The van der Waals surface area contributed by atoms with Gasteiger partial charge >= 0.3 is 5.97 Å². The van der Waals surface area contributed by atoms with Gasteiger partial charge in [-0.2, -0.15) is 0 Å². The molecule has 1 aliphatic heterocycles. The van der Waals surface area contributed by atoms with Crippen molar-refractivity contribution in [3.05, 3.63) is 51.4 Å². The third-order valence-corrected chi connectivity index (χ3v) is 5.71. The van der Waals surface area contributed by atoms with E-state index >= 15 is 0 Å². The zero-order valence-corrected chi connectivity index (χ0v) is 15.3. The molecule has 2 aromatic heterocycles. The molecule has 6 N–H and O–H groups in total. The van der Waals surface area contributed by atoms with Gasteiger partial charge in [0.05, 0.1) is 18.4 Å². The molecule has 0 aliphatic carbocycles. The standard InChI is InChI=1S/C18H16N4O4S/c1-7-3-5-8(6-4-7)18(25)11-9-12(19)13(17(24)26-2)27-16(9)21-14(20)10(11)15(23)22-18/h3-6,25H,19H2,1-2H3,(H2,20,21)(H,22,23). The molecule has 0 spiro atoms. The number of fused-ring (bicyclic) bond motifs is 3. The monoisotopic (exact) mass is 384 g/mol. The molecule has 0 fully saturated rings. The number of ether oxygens (including phenoxy) is 1. The Morgan fingerprint density at radius 2 is 1.96 bits per heavy atom. The average molecular weight is 384 g/mol. The van der Waals surface area contributed by atoms with Gasteiger partial charge in [0, 0.05) is 16.5 Å². The Labute approximate surface area is 157 Å². The quantitative estimate of drug-likeness (QED) is 0.491. The zero-order valence-electron chi connectivity index (χ0n) is 14.5. The van der Waals surface area contributed by atoms with E-state index < -0.39 is 17.6 Å². The van der Waals surface area contributed by atoms with Crippen molar-refractivity contribution < 1.29 is 19.4 Å². The molecule has 1 aromatic carbocycles. The first-order valence-electron chi connectivity index (χ1n) is 8.00. The number of rotatable bonds is 2. The van der Waals surface area contributed by atoms with Gasteiger partial charge in [0.15, 0.2) is 5.72 Å². The van der Waals surface area contributed by atoms with Crippen molar-refractivity contribution in [1.82, 2.24) is 10.3 Å². The number of amides is 1. The van der Waals surface area contributed by atoms with Crippen LogP contribution in [0.2, 0.25) is 0 Å². The van der Waals surface area contributed by atoms with Crippen LogP contribution < -0.4 is 16.8 Å². The first-order chi connectivity index (χ1) is 12.8. The number of aliphatic hydroxyl groups is 1. The van der Waals surface area contributed by atoms with Crippen molar-refractivity contribution in [2.45, 2.75) is 12.6 Å². The van der Waals surface area contributed by atoms with E-state index in [0.717, 1.165) is 16.9 Å². The maximum atomic E-state index is 12.6. The van der Waals surface area contributed by atoms with E-state index in [2.05, 4.69) is 10.3 Å². The number of nitrogen functional groups attached to an aromatic ring is 2. The lowest BCUT2D eigenvalue weighted by Crippen LogP contribution is -2.40. The van der Waals surface area contributed by atoms with Gasteiger partial charge in [0.1, 0.15) is 15.5 Å². The van der Waals surface area contributed by atoms with Crippen molar-refractivity contribution in [2.24, 2.45) is 0 Å². The Morgan fingerprint density at radius 1 is 1.30 bits per heavy atom. The third kappa shape index (κ3) is 2.29. The van der Waals surface area contributed by atoms with Crippen LogP contribution in [-0.4, -0.2) is 29.1 Å². The normalized spacial score (nSPS) is 18.4. The van der Waals surface area contributed by atoms with Crippen molar-refractivity contribution in [3.63, 3.8) is 0 Å². The minimum atomic E-state index is -1.85. The van der Waals surface area contributed by atoms with Crippen LogP contribution in [0.4, 0.5) is 11.5 Å². The molecule has 138 valence electrons. The van der Waals surface area contributed by atoms with E-state index in [9.17, 15) is 14.7 Å². The van der Waals surface area contributed by atoms with Crippen molar-refractivity contribution in [1.29, 1.82) is 0 Å². The van der Waals surface area contributed by atoms with Crippen molar-refractivity contribution in [2.75, 3.05) is 18.6 Å². The number of anilines is 2. The number of carbonyl (C=O) groups is 2. The summed E-state index contributed by atoms with van der Waals surface area (Å²) in [4.78, 5) is 29.3. The highest BCUT2D eigenvalue weighted by Gasteiger charge is 2.47. The van der Waals surface area contributed by atoms with Gasteiger partial charge in [0.25, 0.3) is 5.91 Å². The molecule has 1 aliphatic rings. The second kappa shape index (κ2) is 5.66. The minimum Gasteiger partial charge on any atom is -0.465 e. The van der Waals surface area contributed by atoms with Crippen molar-refractivity contribution >= 4 is 44.9 Å². The number of methoxy groups -OCH3 is 1. The van der Waals surface area contributed by atoms with Gasteiger partial charge < -0.3 is 26.6 Å². The van der Waals surface area contributed by atoms with E-state index in [0.29, 0.717) is 15.8 Å². The van der Waals surface area contributed by atoms with Gasteiger partial charge in [-0.1, -0.05) is 29.8 Å². The number of nitrogens with zero attached hydrogens (tertiary/aromatic N) is 1. The zero-order chi connectivity index (χ0) is 19.5. The first-order valence-corrected chi connectivity index (χ1v) is 8.81. The van der Waals surface area contributed by atoms with E-state index in [1.807, 2.05) is 19.1 Å². The lowest BCUT2D eigenvalue weighted by atomic mass is 9.91. The second-order valence-corrected chi connectivity index (χ2v) is 7.29. The summed E-state index contributed by atoms with van der Waals surface area (Å²) in [5.41, 5.74) is 12.1. The molecule has 0 saturated carbocycles. The fourth-order valence-electron chi connectivity index (χ4n) is 3.31. The number of pyridine rings is 1. The molecule has 9 heteroatoms. The molecule has 3 aromatic rings. The topological polar surface area (TPSA) is 141 Å². The predicted molar refractivity (Wildman–Crippen MR) is 101 cm³/mol. The molecule has 1 atom stereocenters. The Kier molecular flexibility index (Phi) is 3.62. The number of hydrogen-bond donors (Lipinski definition) is 4. The Balaban J connectivity index is 2.09. The maximum Gasteiger partial charge on any atom is 0.350 e. The molecule has 0 radical (unpaired) electrons. The van der Waals surface area contributed by atoms with E-state index in [4.69, 9.17) is 16.2 Å². The molecule has 3 heterocycles. The lowest BCUT2D eigenvalue weighted by molar-refractivity contribution is 0.0483. The Bertz CT molecular complexity index is 1120. The number of aromatic nitrogens is 1. The summed E-state index contributed by atoms with van der Waals surface area (Å²) < 4.78 is 4.75. The summed E-state index contributed by atoms with van der Waals surface area (Å²) in [6, 6.07) is 7.04. The van der Waals surface area contributed by atoms with E-state index in [1.54, 1.807) is 12.1 Å².